The maximum Gasteiger partial charge on any atom is 0.245 e. The van der Waals surface area contributed by atoms with Crippen LogP contribution in [-0.2, 0) is 56.0 Å². The Bertz CT molecular complexity index is 1900. The van der Waals surface area contributed by atoms with Gasteiger partial charge in [0.25, 0.3) is 0 Å². The van der Waals surface area contributed by atoms with Crippen LogP contribution in [0.3, 0.4) is 0 Å². The molecule has 0 bridgehead atoms. The Labute approximate surface area is 320 Å². The molecule has 21 nitrogen and oxygen atoms in total. The maximum atomic E-state index is 13.4. The summed E-state index contributed by atoms with van der Waals surface area (Å²) in [4.78, 5) is 123. The van der Waals surface area contributed by atoms with Gasteiger partial charge >= 0.3 is 0 Å². The number of aldehydes is 1. The molecule has 4 atom stereocenters. The molecule has 0 spiro atoms. The molecule has 21 heteroatoms. The highest BCUT2D eigenvalue weighted by atomic mass is 16.2. The van der Waals surface area contributed by atoms with Crippen molar-refractivity contribution in [1.29, 1.82) is 0 Å². The summed E-state index contributed by atoms with van der Waals surface area (Å²) in [6, 6.07) is 3.25. The number of nitrogens with zero attached hydrogens (tertiary/aromatic N) is 2. The van der Waals surface area contributed by atoms with Gasteiger partial charge in [-0.2, -0.15) is 0 Å². The van der Waals surface area contributed by atoms with E-state index in [2.05, 4.69) is 46.9 Å². The number of aromatic amines is 2. The zero-order valence-electron chi connectivity index (χ0n) is 30.4. The van der Waals surface area contributed by atoms with Gasteiger partial charge in [-0.05, 0) is 30.9 Å². The first-order valence-electron chi connectivity index (χ1n) is 17.8. The van der Waals surface area contributed by atoms with Crippen LogP contribution in [0.25, 0.3) is 10.9 Å². The van der Waals surface area contributed by atoms with Gasteiger partial charge in [-0.15, -0.1) is 0 Å². The SMILES string of the molecule is NC(=O)CC[C@H](NC(=O)CNC(=O)[C@H](Cc1c[nH]c2ccccc12)NC(=O)CNC(=O)CNC(=O)CNC(=O)[C@@H](N)Cc1cnc[nH]1)C(=O)N1CCC[C@H]1C=O. The highest BCUT2D eigenvalue weighted by Gasteiger charge is 2.34. The van der Waals surface area contributed by atoms with E-state index in [4.69, 9.17) is 11.5 Å². The summed E-state index contributed by atoms with van der Waals surface area (Å²) in [5, 5.41) is 15.3. The van der Waals surface area contributed by atoms with E-state index < -0.39 is 97.6 Å². The number of nitrogens with two attached hydrogens (primary N) is 2. The number of para-hydroxylation sites is 1. The van der Waals surface area contributed by atoms with Gasteiger partial charge in [-0.3, -0.25) is 38.4 Å². The van der Waals surface area contributed by atoms with Gasteiger partial charge in [0.1, 0.15) is 18.4 Å². The van der Waals surface area contributed by atoms with Crippen LogP contribution in [0.1, 0.15) is 36.9 Å². The zero-order valence-corrected chi connectivity index (χ0v) is 30.4. The van der Waals surface area contributed by atoms with Crippen molar-refractivity contribution < 1.29 is 43.2 Å². The van der Waals surface area contributed by atoms with Crippen LogP contribution in [-0.4, -0.2) is 130 Å². The summed E-state index contributed by atoms with van der Waals surface area (Å²) < 4.78 is 0. The third-order valence-corrected chi connectivity index (χ3v) is 8.87. The molecule has 2 aromatic heterocycles. The van der Waals surface area contributed by atoms with E-state index in [0.717, 1.165) is 10.9 Å². The quantitative estimate of drug-likeness (QED) is 0.0464. The molecule has 300 valence electrons. The first-order chi connectivity index (χ1) is 26.8. The van der Waals surface area contributed by atoms with Crippen LogP contribution >= 0.6 is 0 Å². The van der Waals surface area contributed by atoms with Crippen molar-refractivity contribution in [3.63, 3.8) is 0 Å². The molecule has 0 radical (unpaired) electrons. The maximum absolute atomic E-state index is 13.4. The van der Waals surface area contributed by atoms with Gasteiger partial charge in [-0.1, -0.05) is 18.2 Å². The predicted octanol–water partition coefficient (Wildman–Crippen LogP) is -4.11. The van der Waals surface area contributed by atoms with Gasteiger partial charge in [0.05, 0.1) is 44.6 Å². The van der Waals surface area contributed by atoms with Crippen LogP contribution in [0.4, 0.5) is 0 Å². The minimum Gasteiger partial charge on any atom is -0.370 e. The van der Waals surface area contributed by atoms with Crippen LogP contribution in [0, 0.1) is 0 Å². The molecular formula is C35H46N12O9. The second-order valence-corrected chi connectivity index (χ2v) is 13.1. The van der Waals surface area contributed by atoms with Gasteiger partial charge in [0.15, 0.2) is 0 Å². The van der Waals surface area contributed by atoms with Gasteiger partial charge in [0, 0.05) is 54.8 Å². The first-order valence-corrected chi connectivity index (χ1v) is 17.8. The summed E-state index contributed by atoms with van der Waals surface area (Å²) in [6.45, 7) is -1.85. The zero-order chi connectivity index (χ0) is 40.6. The predicted molar refractivity (Wildman–Crippen MR) is 197 cm³/mol. The number of rotatable bonds is 21. The fourth-order valence-electron chi connectivity index (χ4n) is 5.97. The number of imidazole rings is 1. The van der Waals surface area contributed by atoms with E-state index in [-0.39, 0.29) is 25.7 Å². The second kappa shape index (κ2) is 20.7. The number of amides is 8. The third-order valence-electron chi connectivity index (χ3n) is 8.87. The van der Waals surface area contributed by atoms with Gasteiger partial charge in [0.2, 0.25) is 47.3 Å². The Morgan fingerprint density at radius 2 is 1.48 bits per heavy atom. The Hall–Kier alpha value is -6.64. The Kier molecular flexibility index (Phi) is 15.6. The van der Waals surface area contributed by atoms with Gasteiger partial charge < -0.3 is 63.0 Å². The van der Waals surface area contributed by atoms with E-state index in [0.29, 0.717) is 36.9 Å². The number of hydrogen-bond donors (Lipinski definition) is 10. The van der Waals surface area contributed by atoms with E-state index in [1.54, 1.807) is 12.3 Å². The average molecular weight is 779 g/mol. The van der Waals surface area contributed by atoms with E-state index in [1.165, 1.54) is 17.4 Å². The summed E-state index contributed by atoms with van der Waals surface area (Å²) in [5.41, 5.74) is 13.2. The normalized spacial score (nSPS) is 15.2. The number of benzene rings is 1. The minimum absolute atomic E-state index is 0.0216. The largest absolute Gasteiger partial charge is 0.370 e. The van der Waals surface area contributed by atoms with Crippen molar-refractivity contribution in [1.82, 2.24) is 51.8 Å². The standard InChI is InChI=1S/C35H46N12O9/c36-24(11-21-13-38-19-44-21)33(54)42-15-30(51)40-14-29(50)41-16-31(52)46-27(10-20-12-39-25-6-2-1-5-23(20)25)34(55)43-17-32(53)45-26(7-8-28(37)49)35(56)47-9-3-4-22(47)18-48/h1-2,5-6,12-13,18-19,22,24,26-27,39H,3-4,7-11,14-17,36H2,(H2,37,49)(H,38,44)(H,40,51)(H,41,50)(H,42,54)(H,43,55)(H,45,53)(H,46,52)/t22-,24-,26-,27-/m0/s1. The molecule has 0 saturated carbocycles. The second-order valence-electron chi connectivity index (χ2n) is 13.1. The van der Waals surface area contributed by atoms with Crippen LogP contribution < -0.4 is 43.4 Å². The lowest BCUT2D eigenvalue weighted by atomic mass is 10.0. The smallest absolute Gasteiger partial charge is 0.245 e. The first kappa shape index (κ1) is 42.1. The van der Waals surface area contributed by atoms with Crippen LogP contribution in [0.15, 0.2) is 43.0 Å². The number of H-pyrrole nitrogens is 2. The molecule has 56 heavy (non-hydrogen) atoms. The number of nitrogens with one attached hydrogen (secondary N) is 8. The number of carbonyl (C=O) groups excluding carboxylic acids is 9. The summed E-state index contributed by atoms with van der Waals surface area (Å²) >= 11 is 0. The lowest BCUT2D eigenvalue weighted by molar-refractivity contribution is -0.139. The molecule has 3 heterocycles. The Balaban J connectivity index is 1.29. The van der Waals surface area contributed by atoms with E-state index in [1.807, 2.05) is 18.2 Å². The number of primary amides is 1. The van der Waals surface area contributed by atoms with Crippen molar-refractivity contribution in [2.45, 2.75) is 62.7 Å². The fraction of sp³-hybridized carbons (Fsp3) is 0.429. The number of hydrogen-bond acceptors (Lipinski definition) is 11. The highest BCUT2D eigenvalue weighted by Crippen LogP contribution is 2.20. The average Bonchev–Trinajstić information content (AvgIpc) is 3.97. The highest BCUT2D eigenvalue weighted by molar-refractivity contribution is 5.95. The number of carbonyl (C=O) groups is 9. The molecule has 1 saturated heterocycles. The van der Waals surface area contributed by atoms with Crippen molar-refractivity contribution in [3.05, 3.63) is 54.2 Å². The fourth-order valence-corrected chi connectivity index (χ4v) is 5.97. The molecule has 3 aromatic rings. The molecule has 1 aliphatic rings. The van der Waals surface area contributed by atoms with Crippen molar-refractivity contribution in [2.24, 2.45) is 11.5 Å². The molecule has 8 amide bonds. The number of likely N-dealkylation sites (tertiary alicyclic amines) is 1. The molecule has 4 rings (SSSR count). The molecule has 1 aliphatic heterocycles. The number of aromatic nitrogens is 3. The topological polar surface area (TPSA) is 326 Å². The monoisotopic (exact) mass is 778 g/mol. The molecule has 0 unspecified atom stereocenters. The molecule has 0 aliphatic carbocycles. The van der Waals surface area contributed by atoms with E-state index >= 15 is 0 Å². The van der Waals surface area contributed by atoms with Crippen molar-refractivity contribution in [3.8, 4) is 0 Å². The molecule has 12 N–H and O–H groups in total. The summed E-state index contributed by atoms with van der Waals surface area (Å²) in [6.07, 6.45) is 6.15. The Morgan fingerprint density at radius 3 is 2.16 bits per heavy atom. The molecule has 1 aromatic carbocycles. The molecular weight excluding hydrogens is 732 g/mol. The molecule has 1 fully saturated rings. The lowest BCUT2D eigenvalue weighted by Gasteiger charge is -2.27. The minimum atomic E-state index is -1.24. The van der Waals surface area contributed by atoms with E-state index in [9.17, 15) is 43.2 Å². The Morgan fingerprint density at radius 1 is 0.839 bits per heavy atom. The lowest BCUT2D eigenvalue weighted by Crippen LogP contribution is -2.54. The summed E-state index contributed by atoms with van der Waals surface area (Å²) in [7, 11) is 0. The van der Waals surface area contributed by atoms with Crippen molar-refractivity contribution in [2.75, 3.05) is 32.7 Å². The summed E-state index contributed by atoms with van der Waals surface area (Å²) in [5.74, 6) is -5.56. The van der Waals surface area contributed by atoms with Crippen LogP contribution in [0.5, 0.6) is 0 Å². The van der Waals surface area contributed by atoms with Crippen LogP contribution in [0.2, 0.25) is 0 Å². The third kappa shape index (κ3) is 12.7. The van der Waals surface area contributed by atoms with Gasteiger partial charge in [-0.25, -0.2) is 4.98 Å². The van der Waals surface area contributed by atoms with Crippen molar-refractivity contribution >= 4 is 64.4 Å². The number of fused-ring (bicyclic) bond motifs is 1.